The average molecular weight is 444 g/mol. The van der Waals surface area contributed by atoms with Crippen LogP contribution in [0.3, 0.4) is 0 Å². The molecule has 0 amide bonds. The van der Waals surface area contributed by atoms with Crippen molar-refractivity contribution < 1.29 is 9.90 Å². The first kappa shape index (κ1) is 23.0. The maximum Gasteiger partial charge on any atom is 0.242 e. The highest BCUT2D eigenvalue weighted by molar-refractivity contribution is 6.30. The molecule has 1 aliphatic rings. The number of nitrogens with zero attached hydrogens (tertiary/aromatic N) is 4. The lowest BCUT2D eigenvalue weighted by atomic mass is 9.84. The molecule has 0 spiro atoms. The molecule has 7 nitrogen and oxygen atoms in total. The van der Waals surface area contributed by atoms with Gasteiger partial charge >= 0.3 is 0 Å². The summed E-state index contributed by atoms with van der Waals surface area (Å²) in [5.74, 6) is 1.59. The van der Waals surface area contributed by atoms with Gasteiger partial charge in [-0.05, 0) is 42.7 Å². The van der Waals surface area contributed by atoms with E-state index in [2.05, 4.69) is 20.3 Å². The van der Waals surface area contributed by atoms with Crippen molar-refractivity contribution in [3.63, 3.8) is 0 Å². The number of hydrogen-bond donors (Lipinski definition) is 2. The van der Waals surface area contributed by atoms with Gasteiger partial charge in [-0.2, -0.15) is 9.50 Å². The van der Waals surface area contributed by atoms with Crippen molar-refractivity contribution in [2.45, 2.75) is 39.2 Å². The Bertz CT molecular complexity index is 1020. The first-order valence-electron chi connectivity index (χ1n) is 10.4. The van der Waals surface area contributed by atoms with Crippen LogP contribution in [0.25, 0.3) is 5.65 Å². The van der Waals surface area contributed by atoms with Gasteiger partial charge in [0, 0.05) is 30.6 Å². The molecule has 0 unspecified atom stereocenters. The van der Waals surface area contributed by atoms with Crippen LogP contribution < -0.4 is 10.2 Å². The fourth-order valence-corrected chi connectivity index (χ4v) is 3.52. The van der Waals surface area contributed by atoms with Crippen LogP contribution in [-0.2, 0) is 10.4 Å². The molecule has 0 atom stereocenters. The Morgan fingerprint density at radius 2 is 1.74 bits per heavy atom. The Morgan fingerprint density at radius 1 is 1.13 bits per heavy atom. The van der Waals surface area contributed by atoms with E-state index in [0.29, 0.717) is 23.8 Å². The second-order valence-electron chi connectivity index (χ2n) is 8.85. The number of nitrogens with one attached hydrogen (secondary N) is 1. The smallest absolute Gasteiger partial charge is 0.242 e. The van der Waals surface area contributed by atoms with Crippen molar-refractivity contribution in [3.8, 4) is 0 Å². The minimum Gasteiger partial charge on any atom is -0.385 e. The average Bonchev–Trinajstić information content (AvgIpc) is 3.18. The molecule has 0 bridgehead atoms. The molecular formula is C23H30ClN5O2. The Morgan fingerprint density at radius 3 is 2.29 bits per heavy atom. The maximum absolute atomic E-state index is 11.0. The number of aldehydes is 1. The van der Waals surface area contributed by atoms with E-state index in [0.717, 1.165) is 36.4 Å². The van der Waals surface area contributed by atoms with Gasteiger partial charge in [-0.3, -0.25) is 0 Å². The zero-order valence-electron chi connectivity index (χ0n) is 18.5. The number of carbonyl (C=O) groups excluding carboxylic acids is 1. The number of hydrogen-bond acceptors (Lipinski definition) is 6. The number of carbonyl (C=O) groups is 1. The van der Waals surface area contributed by atoms with Crippen LogP contribution in [0.4, 0.5) is 11.8 Å². The van der Waals surface area contributed by atoms with E-state index >= 15 is 0 Å². The lowest BCUT2D eigenvalue weighted by Crippen LogP contribution is -2.43. The predicted octanol–water partition coefficient (Wildman–Crippen LogP) is 4.14. The van der Waals surface area contributed by atoms with Gasteiger partial charge in [-0.15, -0.1) is 5.10 Å². The lowest BCUT2D eigenvalue weighted by Gasteiger charge is -2.39. The second-order valence-corrected chi connectivity index (χ2v) is 9.29. The molecule has 2 aromatic heterocycles. The summed E-state index contributed by atoms with van der Waals surface area (Å²) in [5, 5.41) is 19.2. The normalized spacial score (nSPS) is 15.9. The second kappa shape index (κ2) is 9.24. The monoisotopic (exact) mass is 443 g/mol. The van der Waals surface area contributed by atoms with Gasteiger partial charge in [0.1, 0.15) is 12.1 Å². The van der Waals surface area contributed by atoms with E-state index in [-0.39, 0.29) is 5.41 Å². The van der Waals surface area contributed by atoms with Crippen molar-refractivity contribution >= 4 is 35.3 Å². The van der Waals surface area contributed by atoms with E-state index < -0.39 is 5.60 Å². The predicted molar refractivity (Wildman–Crippen MR) is 125 cm³/mol. The summed E-state index contributed by atoms with van der Waals surface area (Å²) in [6.45, 7) is 7.11. The summed E-state index contributed by atoms with van der Waals surface area (Å²) < 4.78 is 1.85. The van der Waals surface area contributed by atoms with Gasteiger partial charge in [0.25, 0.3) is 0 Å². The van der Waals surface area contributed by atoms with Crippen LogP contribution in [0.5, 0.6) is 0 Å². The number of halogens is 1. The standard InChI is InChI=1S/C18H20ClN5O.C5H10O/c1-20-17-21-15-3-2-4-16(24(15)22-17)23-11-9-18(25,10-12-23)13-5-7-14(19)8-6-13;1-5(2,3)4-6/h2-8,25H,9-12H2,1H3,(H,20,22);4H,1-3H3. The minimum atomic E-state index is -0.812. The molecule has 2 N–H and O–H groups in total. The van der Waals surface area contributed by atoms with Crippen LogP contribution in [-0.4, -0.2) is 46.1 Å². The quantitative estimate of drug-likeness (QED) is 0.592. The van der Waals surface area contributed by atoms with Crippen molar-refractivity contribution in [1.29, 1.82) is 0 Å². The third kappa shape index (κ3) is 5.54. The molecule has 1 aromatic carbocycles. The fraction of sp³-hybridized carbons (Fsp3) is 0.435. The molecule has 0 radical (unpaired) electrons. The van der Waals surface area contributed by atoms with E-state index in [9.17, 15) is 9.90 Å². The van der Waals surface area contributed by atoms with Crippen LogP contribution in [0, 0.1) is 5.41 Å². The highest BCUT2D eigenvalue weighted by Crippen LogP contribution is 2.35. The summed E-state index contributed by atoms with van der Waals surface area (Å²) in [5.41, 5.74) is 0.779. The third-order valence-electron chi connectivity index (χ3n) is 5.21. The molecule has 1 aliphatic heterocycles. The van der Waals surface area contributed by atoms with Gasteiger partial charge in [0.05, 0.1) is 5.60 Å². The van der Waals surface area contributed by atoms with Crippen LogP contribution in [0.1, 0.15) is 39.2 Å². The molecule has 0 saturated carbocycles. The number of aromatic nitrogens is 3. The minimum absolute atomic E-state index is 0.139. The summed E-state index contributed by atoms with van der Waals surface area (Å²) in [6.07, 6.45) is 2.24. The number of rotatable bonds is 3. The van der Waals surface area contributed by atoms with Gasteiger partial charge in [0.2, 0.25) is 5.95 Å². The van der Waals surface area contributed by atoms with E-state index in [4.69, 9.17) is 11.6 Å². The molecule has 166 valence electrons. The zero-order chi connectivity index (χ0) is 22.6. The van der Waals surface area contributed by atoms with E-state index in [1.165, 1.54) is 0 Å². The molecule has 4 rings (SSSR count). The SMILES string of the molecule is CC(C)(C)C=O.CNc1nc2cccc(N3CCC(O)(c4ccc(Cl)cc4)CC3)n2n1. The first-order valence-corrected chi connectivity index (χ1v) is 10.8. The summed E-state index contributed by atoms with van der Waals surface area (Å²) >= 11 is 5.96. The summed E-state index contributed by atoms with van der Waals surface area (Å²) in [4.78, 5) is 16.5. The zero-order valence-corrected chi connectivity index (χ0v) is 19.2. The van der Waals surface area contributed by atoms with Gasteiger partial charge in [0.15, 0.2) is 5.65 Å². The number of fused-ring (bicyclic) bond motifs is 1. The Labute approximate surface area is 188 Å². The number of piperidine rings is 1. The molecule has 31 heavy (non-hydrogen) atoms. The molecule has 1 saturated heterocycles. The van der Waals surface area contributed by atoms with Crippen LogP contribution in [0.2, 0.25) is 5.02 Å². The highest BCUT2D eigenvalue weighted by atomic mass is 35.5. The number of pyridine rings is 1. The molecule has 0 aliphatic carbocycles. The third-order valence-corrected chi connectivity index (χ3v) is 5.47. The van der Waals surface area contributed by atoms with E-state index in [1.807, 2.05) is 74.8 Å². The number of aliphatic hydroxyl groups is 1. The highest BCUT2D eigenvalue weighted by Gasteiger charge is 2.34. The Hall–Kier alpha value is -2.64. The Kier molecular flexibility index (Phi) is 6.86. The Balaban J connectivity index is 0.000000401. The number of benzene rings is 1. The van der Waals surface area contributed by atoms with Crippen LogP contribution >= 0.6 is 11.6 Å². The fourth-order valence-electron chi connectivity index (χ4n) is 3.39. The first-order chi connectivity index (χ1) is 14.6. The topological polar surface area (TPSA) is 82.8 Å². The molecular weight excluding hydrogens is 414 g/mol. The lowest BCUT2D eigenvalue weighted by molar-refractivity contribution is -0.113. The van der Waals surface area contributed by atoms with Gasteiger partial charge in [-0.25, -0.2) is 0 Å². The number of anilines is 2. The molecule has 3 aromatic rings. The van der Waals surface area contributed by atoms with E-state index in [1.54, 1.807) is 0 Å². The van der Waals surface area contributed by atoms with Gasteiger partial charge < -0.3 is 20.1 Å². The molecule has 1 fully saturated rings. The molecule has 8 heteroatoms. The van der Waals surface area contributed by atoms with Crippen LogP contribution in [0.15, 0.2) is 42.5 Å². The summed E-state index contributed by atoms with van der Waals surface area (Å²) in [7, 11) is 1.81. The largest absolute Gasteiger partial charge is 0.385 e. The van der Waals surface area contributed by atoms with Crippen molar-refractivity contribution in [2.75, 3.05) is 30.4 Å². The molecule has 3 heterocycles. The van der Waals surface area contributed by atoms with Crippen molar-refractivity contribution in [2.24, 2.45) is 5.41 Å². The summed E-state index contributed by atoms with van der Waals surface area (Å²) in [6, 6.07) is 13.4. The van der Waals surface area contributed by atoms with Crippen molar-refractivity contribution in [3.05, 3.63) is 53.1 Å². The van der Waals surface area contributed by atoms with Crippen molar-refractivity contribution in [1.82, 2.24) is 14.6 Å². The maximum atomic E-state index is 11.0. The van der Waals surface area contributed by atoms with Gasteiger partial charge in [-0.1, -0.05) is 50.6 Å².